The van der Waals surface area contributed by atoms with Gasteiger partial charge >= 0.3 is 0 Å². The molecule has 0 spiro atoms. The van der Waals surface area contributed by atoms with E-state index in [-0.39, 0.29) is 5.56 Å². The highest BCUT2D eigenvalue weighted by Gasteiger charge is 2.08. The van der Waals surface area contributed by atoms with Gasteiger partial charge in [-0.1, -0.05) is 0 Å². The Balaban J connectivity index is 2.69. The third kappa shape index (κ3) is 1.07. The van der Waals surface area contributed by atoms with E-state index in [1.807, 2.05) is 25.3 Å². The summed E-state index contributed by atoms with van der Waals surface area (Å²) in [6.07, 6.45) is 1.84. The lowest BCUT2D eigenvalue weighted by atomic mass is 10.1. The number of benzene rings is 1. The monoisotopic (exact) mass is 213 g/mol. The third-order valence-corrected chi connectivity index (χ3v) is 2.87. The fraction of sp³-hybridized carbons (Fsp3) is 0.0833. The quantitative estimate of drug-likeness (QED) is 0.499. The maximum Gasteiger partial charge on any atom is 0.272 e. The predicted molar refractivity (Wildman–Crippen MR) is 65.6 cm³/mol. The Labute approximate surface area is 91.1 Å². The van der Waals surface area contributed by atoms with Gasteiger partial charge in [0.2, 0.25) is 0 Å². The Kier molecular flexibility index (Phi) is 1.63. The maximum atomic E-state index is 11.8. The lowest BCUT2D eigenvalue weighted by Gasteiger charge is -2.02. The van der Waals surface area contributed by atoms with Crippen LogP contribution >= 0.6 is 0 Å². The molecule has 2 aromatic heterocycles. The zero-order valence-corrected chi connectivity index (χ0v) is 8.79. The molecule has 3 aromatic rings. The van der Waals surface area contributed by atoms with Gasteiger partial charge in [-0.05, 0) is 30.7 Å². The van der Waals surface area contributed by atoms with Crippen LogP contribution in [0.25, 0.3) is 21.8 Å². The smallest absolute Gasteiger partial charge is 0.272 e. The zero-order valence-electron chi connectivity index (χ0n) is 8.79. The fourth-order valence-corrected chi connectivity index (χ4v) is 2.11. The lowest BCUT2D eigenvalue weighted by Crippen LogP contribution is -2.06. The molecule has 4 heteroatoms. The number of hydrogen-bond donors (Lipinski definition) is 3. The summed E-state index contributed by atoms with van der Waals surface area (Å²) in [7, 11) is 0. The number of nitrogens with two attached hydrogens (primary N) is 1. The summed E-state index contributed by atoms with van der Waals surface area (Å²) in [4.78, 5) is 17.6. The summed E-state index contributed by atoms with van der Waals surface area (Å²) < 4.78 is 0. The zero-order chi connectivity index (χ0) is 11.3. The summed E-state index contributed by atoms with van der Waals surface area (Å²) in [6, 6.07) is 5.50. The summed E-state index contributed by atoms with van der Waals surface area (Å²) >= 11 is 0. The first-order chi connectivity index (χ1) is 7.66. The number of aromatic nitrogens is 2. The lowest BCUT2D eigenvalue weighted by molar-refractivity contribution is 1.31. The number of H-pyrrole nitrogens is 2. The van der Waals surface area contributed by atoms with Gasteiger partial charge in [0.1, 0.15) is 5.52 Å². The number of aromatic amines is 2. The van der Waals surface area contributed by atoms with E-state index in [4.69, 9.17) is 5.73 Å². The molecule has 0 fully saturated rings. The van der Waals surface area contributed by atoms with Crippen molar-refractivity contribution in [1.29, 1.82) is 0 Å². The molecule has 0 saturated heterocycles. The molecule has 0 radical (unpaired) electrons. The number of nitrogen functional groups attached to an aromatic ring is 1. The second-order valence-electron chi connectivity index (χ2n) is 3.98. The van der Waals surface area contributed by atoms with Crippen molar-refractivity contribution in [3.8, 4) is 0 Å². The van der Waals surface area contributed by atoms with E-state index in [2.05, 4.69) is 9.97 Å². The summed E-state index contributed by atoms with van der Waals surface area (Å²) in [5, 5.41) is 1.93. The average molecular weight is 213 g/mol. The Morgan fingerprint density at radius 3 is 2.94 bits per heavy atom. The highest BCUT2D eigenvalue weighted by molar-refractivity contribution is 6.06. The van der Waals surface area contributed by atoms with Crippen LogP contribution in [-0.2, 0) is 0 Å². The molecule has 0 aliphatic carbocycles. The van der Waals surface area contributed by atoms with Gasteiger partial charge in [0.15, 0.2) is 0 Å². The maximum absolute atomic E-state index is 11.8. The minimum absolute atomic E-state index is 0.0969. The van der Waals surface area contributed by atoms with Crippen molar-refractivity contribution in [3.05, 3.63) is 40.3 Å². The first-order valence-electron chi connectivity index (χ1n) is 5.06. The second-order valence-corrected chi connectivity index (χ2v) is 3.98. The van der Waals surface area contributed by atoms with E-state index >= 15 is 0 Å². The standard InChI is InChI=1S/C12H11N3O/c1-6-5-14-11-10(6)8-4-7(13)2-3-9(8)15-12(11)16/h2-5,14H,13H2,1H3,(H,15,16). The summed E-state index contributed by atoms with van der Waals surface area (Å²) in [5.41, 5.74) is 8.84. The number of hydrogen-bond acceptors (Lipinski definition) is 2. The molecule has 4 N–H and O–H groups in total. The number of rotatable bonds is 0. The minimum atomic E-state index is -0.0969. The second kappa shape index (κ2) is 2.88. The molecule has 0 aliphatic heterocycles. The SMILES string of the molecule is Cc1c[nH]c2c(=O)[nH]c3ccc(N)cc3c12. The van der Waals surface area contributed by atoms with Crippen LogP contribution in [0.15, 0.2) is 29.2 Å². The van der Waals surface area contributed by atoms with Gasteiger partial charge in [0, 0.05) is 28.2 Å². The molecule has 80 valence electrons. The Morgan fingerprint density at radius 1 is 1.31 bits per heavy atom. The van der Waals surface area contributed by atoms with Crippen LogP contribution in [0.3, 0.4) is 0 Å². The van der Waals surface area contributed by atoms with Crippen molar-refractivity contribution in [3.63, 3.8) is 0 Å². The van der Waals surface area contributed by atoms with Gasteiger partial charge in [-0.15, -0.1) is 0 Å². The Morgan fingerprint density at radius 2 is 2.12 bits per heavy atom. The molecule has 2 heterocycles. The summed E-state index contributed by atoms with van der Waals surface area (Å²) in [6.45, 7) is 1.97. The van der Waals surface area contributed by atoms with Gasteiger partial charge in [-0.3, -0.25) is 4.79 Å². The first kappa shape index (κ1) is 9.03. The van der Waals surface area contributed by atoms with Crippen molar-refractivity contribution in [2.24, 2.45) is 0 Å². The highest BCUT2D eigenvalue weighted by Crippen LogP contribution is 2.25. The van der Waals surface area contributed by atoms with Crippen molar-refractivity contribution >= 4 is 27.5 Å². The van der Waals surface area contributed by atoms with Crippen LogP contribution < -0.4 is 11.3 Å². The number of nitrogens with one attached hydrogen (secondary N) is 2. The van der Waals surface area contributed by atoms with Gasteiger partial charge in [-0.25, -0.2) is 0 Å². The largest absolute Gasteiger partial charge is 0.399 e. The van der Waals surface area contributed by atoms with Crippen LogP contribution in [0.2, 0.25) is 0 Å². The number of pyridine rings is 1. The Hall–Kier alpha value is -2.23. The number of anilines is 1. The molecule has 0 saturated carbocycles. The van der Waals surface area contributed by atoms with E-state index in [1.165, 1.54) is 0 Å². The van der Waals surface area contributed by atoms with Crippen molar-refractivity contribution < 1.29 is 0 Å². The number of aryl methyl sites for hydroxylation is 1. The van der Waals surface area contributed by atoms with E-state index < -0.39 is 0 Å². The van der Waals surface area contributed by atoms with E-state index in [0.717, 1.165) is 21.9 Å². The van der Waals surface area contributed by atoms with Crippen LogP contribution in [0, 0.1) is 6.92 Å². The van der Waals surface area contributed by atoms with E-state index in [0.29, 0.717) is 11.2 Å². The van der Waals surface area contributed by atoms with Gasteiger partial charge in [0.05, 0.1) is 0 Å². The topological polar surface area (TPSA) is 74.7 Å². The summed E-state index contributed by atoms with van der Waals surface area (Å²) in [5.74, 6) is 0. The Bertz CT molecular complexity index is 752. The molecule has 0 atom stereocenters. The normalized spacial score (nSPS) is 11.3. The molecule has 1 aromatic carbocycles. The van der Waals surface area contributed by atoms with Crippen molar-refractivity contribution in [1.82, 2.24) is 9.97 Å². The van der Waals surface area contributed by atoms with Gasteiger partial charge in [0.25, 0.3) is 5.56 Å². The molecule has 16 heavy (non-hydrogen) atoms. The molecule has 3 rings (SSSR count). The van der Waals surface area contributed by atoms with E-state index in [9.17, 15) is 4.79 Å². The third-order valence-electron chi connectivity index (χ3n) is 2.87. The van der Waals surface area contributed by atoms with Crippen LogP contribution in [0.1, 0.15) is 5.56 Å². The molecular weight excluding hydrogens is 202 g/mol. The van der Waals surface area contributed by atoms with Crippen LogP contribution in [0.5, 0.6) is 0 Å². The first-order valence-corrected chi connectivity index (χ1v) is 5.06. The van der Waals surface area contributed by atoms with Crippen molar-refractivity contribution in [2.45, 2.75) is 6.92 Å². The predicted octanol–water partition coefficient (Wildman–Crippen LogP) is 1.90. The fourth-order valence-electron chi connectivity index (χ4n) is 2.11. The van der Waals surface area contributed by atoms with Crippen LogP contribution in [-0.4, -0.2) is 9.97 Å². The van der Waals surface area contributed by atoms with E-state index in [1.54, 1.807) is 6.07 Å². The molecule has 0 amide bonds. The molecule has 0 bridgehead atoms. The molecule has 0 aliphatic rings. The molecule has 0 unspecified atom stereocenters. The minimum Gasteiger partial charge on any atom is -0.399 e. The molecular formula is C12H11N3O. The van der Waals surface area contributed by atoms with Gasteiger partial charge < -0.3 is 15.7 Å². The number of fused-ring (bicyclic) bond motifs is 3. The van der Waals surface area contributed by atoms with Crippen molar-refractivity contribution in [2.75, 3.05) is 5.73 Å². The molecule has 4 nitrogen and oxygen atoms in total. The van der Waals surface area contributed by atoms with Crippen LogP contribution in [0.4, 0.5) is 5.69 Å². The average Bonchev–Trinajstić information content (AvgIpc) is 2.63. The van der Waals surface area contributed by atoms with Gasteiger partial charge in [-0.2, -0.15) is 0 Å². The highest BCUT2D eigenvalue weighted by atomic mass is 16.1.